The summed E-state index contributed by atoms with van der Waals surface area (Å²) < 4.78 is 17.8. The standard InChI is InChI=1S/C77H114N10O19S/c1-14-49(8)70(60(103-12)42-65(94)85-38-22-27-56(85)71(104-13)50(9)72(97)80-44-59(90)52-24-17-15-18-25-52)83(10)74(99)55(46(2)3)41-58(89)69(48(6)7)84(11)77(102)105-45-51-30-32-54(33-31-51)81-73(98)53(26-21-36-79-76(78)101)40-57(88)68(47(4)5)82-62(91)28-19-16-20-37-86-66(95)43-61(75(86)100)107-39-23-29-67(96)106-87-63(92)34-35-64(87)93/h15,17-18,24-25,30-33,46-50,53,55-56,60-61,68-71H,14,16,19-23,26-29,34-45H2,1-13H3,(H,80,97)(H,81,98)(H,82,91)(H3,78,79,101)/t49-,50+,53+,55-,56-,60+,61?,68-,69-,70-,71+/m0/s1. The highest BCUT2D eigenvalue weighted by atomic mass is 32.2. The summed E-state index contributed by atoms with van der Waals surface area (Å²) in [6.07, 6.45) is 1.06. The number of carbonyl (C=O) groups is 15. The molecule has 592 valence electrons. The van der Waals surface area contributed by atoms with Gasteiger partial charge < -0.3 is 60.7 Å². The number of imide groups is 2. The van der Waals surface area contributed by atoms with Crippen LogP contribution in [0.5, 0.6) is 0 Å². The first-order valence-corrected chi connectivity index (χ1v) is 38.5. The van der Waals surface area contributed by atoms with Crippen LogP contribution in [0.4, 0.5) is 15.3 Å². The third kappa shape index (κ3) is 26.6. The highest BCUT2D eigenvalue weighted by molar-refractivity contribution is 8.00. The molecule has 3 saturated heterocycles. The van der Waals surface area contributed by atoms with Gasteiger partial charge in [-0.25, -0.2) is 14.4 Å². The van der Waals surface area contributed by atoms with E-state index in [0.717, 1.165) is 0 Å². The van der Waals surface area contributed by atoms with Crippen LogP contribution < -0.4 is 27.0 Å². The Kier molecular flexibility index (Phi) is 36.6. The van der Waals surface area contributed by atoms with Gasteiger partial charge in [-0.05, 0) is 92.1 Å². The van der Waals surface area contributed by atoms with Gasteiger partial charge in [-0.15, -0.1) is 16.8 Å². The molecule has 0 aliphatic carbocycles. The predicted octanol–water partition coefficient (Wildman–Crippen LogP) is 7.34. The SMILES string of the molecule is CC[C@H](C)[C@@H]([C@@H](CC(=O)N1CCC[C@H]1[C@H](OC)[C@@H](C)C(=O)NCC(=O)c1ccccc1)OC)N(C)C(=O)[C@@H](CC(=O)[C@H](C(C)C)N(C)C(=O)OCc1ccc(NC(=O)[C@H](CCCNC(N)=O)CC(=O)[C@@H](NC(=O)CCCCCN2C(=O)CC(SCCCC(=O)ON3C(=O)CCC3=O)C2=O)C(C)C)cc1)C(C)C. The molecular formula is C77H114N10O19S. The fraction of sp³-hybridized carbons (Fsp3) is 0.649. The second-order valence-electron chi connectivity index (χ2n) is 29.2. The van der Waals surface area contributed by atoms with Crippen LogP contribution in [0.15, 0.2) is 54.6 Å². The normalized spacial score (nSPS) is 17.7. The van der Waals surface area contributed by atoms with Crippen molar-refractivity contribution in [2.24, 2.45) is 47.2 Å². The summed E-state index contributed by atoms with van der Waals surface area (Å²) in [6.45, 7) is 16.8. The van der Waals surface area contributed by atoms with Crippen molar-refractivity contribution in [1.29, 1.82) is 0 Å². The number of hydrogen-bond donors (Lipinski definition) is 5. The number of nitrogens with one attached hydrogen (secondary N) is 4. The maximum atomic E-state index is 14.9. The van der Waals surface area contributed by atoms with Gasteiger partial charge in [-0.2, -0.15) is 0 Å². The number of benzene rings is 2. The molecule has 3 aliphatic heterocycles. The Morgan fingerprint density at radius 2 is 1.38 bits per heavy atom. The van der Waals surface area contributed by atoms with E-state index in [1.165, 1.54) is 42.8 Å². The highest BCUT2D eigenvalue weighted by Crippen LogP contribution is 2.33. The Morgan fingerprint density at radius 3 is 1.99 bits per heavy atom. The van der Waals surface area contributed by atoms with Crippen molar-refractivity contribution in [2.75, 3.05) is 65.6 Å². The van der Waals surface area contributed by atoms with Crippen LogP contribution in [-0.2, 0) is 83.2 Å². The van der Waals surface area contributed by atoms with E-state index in [1.54, 1.807) is 106 Å². The number of unbranched alkanes of at least 4 members (excludes halogenated alkanes) is 2. The lowest BCUT2D eigenvalue weighted by Crippen LogP contribution is -2.54. The van der Waals surface area contributed by atoms with Gasteiger partial charge >= 0.3 is 18.1 Å². The minimum absolute atomic E-state index is 0.00285. The lowest BCUT2D eigenvalue weighted by Gasteiger charge is -2.41. The number of nitrogens with zero attached hydrogens (tertiary/aromatic N) is 5. The molecule has 3 aliphatic rings. The van der Waals surface area contributed by atoms with Crippen molar-refractivity contribution in [3.05, 3.63) is 65.7 Å². The number of urea groups is 1. The average molecular weight is 1520 g/mol. The van der Waals surface area contributed by atoms with Gasteiger partial charge in [0.15, 0.2) is 17.3 Å². The molecular weight excluding hydrogens is 1400 g/mol. The van der Waals surface area contributed by atoms with Gasteiger partial charge in [-0.1, -0.05) is 118 Å². The Balaban J connectivity index is 1.12. The van der Waals surface area contributed by atoms with E-state index in [9.17, 15) is 71.9 Å². The summed E-state index contributed by atoms with van der Waals surface area (Å²) >= 11 is 1.24. The number of hydroxylamine groups is 2. The molecule has 107 heavy (non-hydrogen) atoms. The molecule has 0 aromatic heterocycles. The van der Waals surface area contributed by atoms with Crippen molar-refractivity contribution in [3.8, 4) is 0 Å². The van der Waals surface area contributed by atoms with E-state index >= 15 is 0 Å². The fourth-order valence-corrected chi connectivity index (χ4v) is 15.1. The van der Waals surface area contributed by atoms with Crippen LogP contribution in [-0.4, -0.2) is 215 Å². The van der Waals surface area contributed by atoms with Crippen molar-refractivity contribution in [3.63, 3.8) is 0 Å². The molecule has 2 aromatic carbocycles. The Bertz CT molecular complexity index is 3400. The number of hydrogen-bond acceptors (Lipinski definition) is 20. The second-order valence-corrected chi connectivity index (χ2v) is 30.5. The number of carbonyl (C=O) groups excluding carboxylic acids is 15. The number of Topliss-reactive ketones (excluding diaryl/α,β-unsaturated/α-hetero) is 3. The van der Waals surface area contributed by atoms with E-state index < -0.39 is 107 Å². The number of anilines is 1. The average Bonchev–Trinajstić information content (AvgIpc) is 1.81. The molecule has 0 radical (unpaired) electrons. The van der Waals surface area contributed by atoms with Gasteiger partial charge in [0.2, 0.25) is 41.4 Å². The molecule has 12 amide bonds. The zero-order valence-corrected chi connectivity index (χ0v) is 65.3. The number of primary amides is 1. The van der Waals surface area contributed by atoms with Crippen molar-refractivity contribution in [2.45, 2.75) is 220 Å². The first kappa shape index (κ1) is 89.0. The monoisotopic (exact) mass is 1510 g/mol. The van der Waals surface area contributed by atoms with Gasteiger partial charge in [-0.3, -0.25) is 62.4 Å². The summed E-state index contributed by atoms with van der Waals surface area (Å²) in [7, 11) is 6.12. The summed E-state index contributed by atoms with van der Waals surface area (Å²) in [5.41, 5.74) is 6.65. The minimum Gasteiger partial charge on any atom is -0.445 e. The maximum Gasteiger partial charge on any atom is 0.410 e. The molecule has 0 spiro atoms. The minimum atomic E-state index is -0.992. The number of amides is 12. The number of rotatable bonds is 46. The van der Waals surface area contributed by atoms with Crippen LogP contribution in [0, 0.1) is 41.4 Å². The third-order valence-electron chi connectivity index (χ3n) is 20.3. The second kappa shape index (κ2) is 44.0. The Hall–Kier alpha value is -8.64. The predicted molar refractivity (Wildman–Crippen MR) is 399 cm³/mol. The Labute approximate surface area is 632 Å². The van der Waals surface area contributed by atoms with Crippen molar-refractivity contribution in [1.82, 2.24) is 40.6 Å². The maximum absolute atomic E-state index is 14.9. The lowest BCUT2D eigenvalue weighted by molar-refractivity contribution is -0.197. The van der Waals surface area contributed by atoms with E-state index in [-0.39, 0.29) is 155 Å². The third-order valence-corrected chi connectivity index (χ3v) is 21.6. The number of ketones is 3. The molecule has 0 saturated carbocycles. The Morgan fingerprint density at radius 1 is 0.710 bits per heavy atom. The zero-order valence-electron chi connectivity index (χ0n) is 64.5. The lowest BCUT2D eigenvalue weighted by atomic mass is 9.83. The van der Waals surface area contributed by atoms with Crippen LogP contribution in [0.2, 0.25) is 0 Å². The van der Waals surface area contributed by atoms with E-state index in [1.807, 2.05) is 27.7 Å². The van der Waals surface area contributed by atoms with Gasteiger partial charge in [0.1, 0.15) is 6.61 Å². The zero-order chi connectivity index (χ0) is 79.4. The van der Waals surface area contributed by atoms with Gasteiger partial charge in [0.05, 0.1) is 60.5 Å². The smallest absolute Gasteiger partial charge is 0.410 e. The topological polar surface area (TPSA) is 383 Å². The molecule has 6 N–H and O–H groups in total. The first-order valence-electron chi connectivity index (χ1n) is 37.4. The van der Waals surface area contributed by atoms with Gasteiger partial charge in [0.25, 0.3) is 11.8 Å². The molecule has 29 nitrogen and oxygen atoms in total. The molecule has 3 heterocycles. The molecule has 3 fully saturated rings. The summed E-state index contributed by atoms with van der Waals surface area (Å²) in [5.74, 6) is -8.75. The quantitative estimate of drug-likeness (QED) is 0.0246. The van der Waals surface area contributed by atoms with E-state index in [0.29, 0.717) is 79.1 Å². The van der Waals surface area contributed by atoms with Crippen molar-refractivity contribution < 1.29 is 91.0 Å². The molecule has 5 rings (SSSR count). The molecule has 11 atom stereocenters. The van der Waals surface area contributed by atoms with Crippen LogP contribution in [0.1, 0.15) is 187 Å². The van der Waals surface area contributed by atoms with Crippen LogP contribution in [0.25, 0.3) is 0 Å². The summed E-state index contributed by atoms with van der Waals surface area (Å²) in [4.78, 5) is 209. The number of methoxy groups -OCH3 is 2. The first-order chi connectivity index (χ1) is 50.7. The highest BCUT2D eigenvalue weighted by Gasteiger charge is 2.45. The number of nitrogens with two attached hydrogens (primary N) is 1. The summed E-state index contributed by atoms with van der Waals surface area (Å²) in [5, 5.41) is 10.8. The largest absolute Gasteiger partial charge is 0.445 e. The van der Waals surface area contributed by atoms with Crippen LogP contribution >= 0.6 is 11.8 Å². The number of ether oxygens (including phenoxy) is 3. The molecule has 1 unspecified atom stereocenters. The fourth-order valence-electron chi connectivity index (χ4n) is 14.0. The van der Waals surface area contributed by atoms with Crippen molar-refractivity contribution >= 4 is 106 Å². The van der Waals surface area contributed by atoms with E-state index in [2.05, 4.69) is 21.3 Å². The molecule has 2 aromatic rings. The summed E-state index contributed by atoms with van der Waals surface area (Å²) in [6, 6.07) is 11.4. The number of thioether (sulfide) groups is 1. The molecule has 30 heteroatoms. The van der Waals surface area contributed by atoms with Gasteiger partial charge in [0, 0.05) is 116 Å². The van der Waals surface area contributed by atoms with Crippen LogP contribution in [0.3, 0.4) is 0 Å². The van der Waals surface area contributed by atoms with E-state index in [4.69, 9.17) is 24.8 Å². The number of likely N-dealkylation sites (tertiary alicyclic amines) is 2. The molecule has 0 bridgehead atoms. The number of likely N-dealkylation sites (N-methyl/N-ethyl adjacent to an activating group) is 2.